The minimum absolute atomic E-state index is 0.0273. The van der Waals surface area contributed by atoms with Gasteiger partial charge >= 0.3 is 5.97 Å². The van der Waals surface area contributed by atoms with Crippen molar-refractivity contribution in [1.29, 1.82) is 0 Å². The number of piperidine rings is 1. The summed E-state index contributed by atoms with van der Waals surface area (Å²) in [4.78, 5) is 26.8. The number of nitrogens with one attached hydrogen (secondary N) is 1. The number of rotatable bonds is 5. The summed E-state index contributed by atoms with van der Waals surface area (Å²) >= 11 is 0. The van der Waals surface area contributed by atoms with Gasteiger partial charge in [-0.05, 0) is 42.5 Å². The molecule has 1 fully saturated rings. The van der Waals surface area contributed by atoms with Crippen LogP contribution in [0, 0.1) is 5.92 Å². The Balaban J connectivity index is 1.21. The summed E-state index contributed by atoms with van der Waals surface area (Å²) in [7, 11) is 0. The molecule has 5 rings (SSSR count). The average Bonchev–Trinajstić information content (AvgIpc) is 3.11. The second-order valence-corrected chi connectivity index (χ2v) is 8.10. The smallest absolute Gasteiger partial charge is 0.306 e. The molecular weight excluding hydrogens is 376 g/mol. The van der Waals surface area contributed by atoms with Crippen LogP contribution in [0.3, 0.4) is 0 Å². The van der Waals surface area contributed by atoms with Gasteiger partial charge in [0.25, 0.3) is 5.91 Å². The number of esters is 1. The number of anilines is 2. The van der Waals surface area contributed by atoms with Gasteiger partial charge in [0.15, 0.2) is 0 Å². The molecule has 5 heteroatoms. The van der Waals surface area contributed by atoms with E-state index in [9.17, 15) is 9.59 Å². The van der Waals surface area contributed by atoms with E-state index in [0.717, 1.165) is 59.2 Å². The molecule has 2 aliphatic rings. The summed E-state index contributed by atoms with van der Waals surface area (Å²) in [6, 6.07) is 19.8. The Hall–Kier alpha value is -3.34. The van der Waals surface area contributed by atoms with E-state index < -0.39 is 0 Å². The van der Waals surface area contributed by atoms with Crippen molar-refractivity contribution in [2.75, 3.05) is 23.3 Å². The first-order chi connectivity index (χ1) is 14.7. The van der Waals surface area contributed by atoms with Crippen molar-refractivity contribution in [2.24, 2.45) is 5.92 Å². The first kappa shape index (κ1) is 18.7. The zero-order valence-electron chi connectivity index (χ0n) is 16.8. The van der Waals surface area contributed by atoms with Gasteiger partial charge in [-0.25, -0.2) is 0 Å². The molecule has 5 nitrogen and oxygen atoms in total. The van der Waals surface area contributed by atoms with E-state index in [-0.39, 0.29) is 11.9 Å². The number of ether oxygens (including phenoxy) is 1. The molecule has 3 aromatic carbocycles. The molecule has 0 atom stereocenters. The quantitative estimate of drug-likeness (QED) is 0.628. The average molecular weight is 400 g/mol. The van der Waals surface area contributed by atoms with E-state index in [0.29, 0.717) is 18.9 Å². The lowest BCUT2D eigenvalue weighted by molar-refractivity contribution is -0.146. The van der Waals surface area contributed by atoms with Gasteiger partial charge in [-0.2, -0.15) is 0 Å². The third-order valence-electron chi connectivity index (χ3n) is 6.16. The highest BCUT2D eigenvalue weighted by Crippen LogP contribution is 2.39. The van der Waals surface area contributed by atoms with Crippen LogP contribution in [0.2, 0.25) is 0 Å². The van der Waals surface area contributed by atoms with E-state index in [1.807, 2.05) is 48.5 Å². The molecule has 0 saturated carbocycles. The second kappa shape index (κ2) is 7.82. The minimum atomic E-state index is -0.118. The Kier molecular flexibility index (Phi) is 4.87. The molecule has 2 aliphatic heterocycles. The lowest BCUT2D eigenvalue weighted by Gasteiger charge is -2.34. The predicted octanol–water partition coefficient (Wildman–Crippen LogP) is 4.76. The summed E-state index contributed by atoms with van der Waals surface area (Å²) in [5.74, 6) is 0.206. The zero-order chi connectivity index (χ0) is 20.5. The highest BCUT2D eigenvalue weighted by Gasteiger charge is 2.26. The number of nitrogens with zero attached hydrogens (tertiary/aromatic N) is 1. The van der Waals surface area contributed by atoms with Crippen molar-refractivity contribution in [3.05, 3.63) is 71.8 Å². The Morgan fingerprint density at radius 2 is 1.80 bits per heavy atom. The summed E-state index contributed by atoms with van der Waals surface area (Å²) in [6.45, 7) is 2.14. The molecule has 0 unspecified atom stereocenters. The van der Waals surface area contributed by atoms with E-state index in [1.165, 1.54) is 0 Å². The largest absolute Gasteiger partial charge is 0.461 e. The van der Waals surface area contributed by atoms with Gasteiger partial charge < -0.3 is 15.0 Å². The van der Waals surface area contributed by atoms with Crippen LogP contribution in [0.25, 0.3) is 10.8 Å². The Morgan fingerprint density at radius 3 is 2.60 bits per heavy atom. The maximum Gasteiger partial charge on any atom is 0.306 e. The highest BCUT2D eigenvalue weighted by atomic mass is 16.5. The lowest BCUT2D eigenvalue weighted by Crippen LogP contribution is -2.34. The van der Waals surface area contributed by atoms with E-state index in [4.69, 9.17) is 4.74 Å². The molecular formula is C25H24N2O3. The van der Waals surface area contributed by atoms with Gasteiger partial charge in [0, 0.05) is 47.2 Å². The van der Waals surface area contributed by atoms with Crippen LogP contribution in [0.5, 0.6) is 0 Å². The fraction of sp³-hybridized carbons (Fsp3) is 0.280. The maximum atomic E-state index is 12.2. The van der Waals surface area contributed by atoms with Crippen LogP contribution < -0.4 is 10.2 Å². The van der Waals surface area contributed by atoms with Crippen molar-refractivity contribution >= 4 is 34.0 Å². The molecule has 0 spiro atoms. The van der Waals surface area contributed by atoms with Crippen LogP contribution in [-0.4, -0.2) is 25.0 Å². The third kappa shape index (κ3) is 3.52. The summed E-state index contributed by atoms with van der Waals surface area (Å²) < 4.78 is 5.45. The van der Waals surface area contributed by atoms with Crippen LogP contribution in [0.15, 0.2) is 60.7 Å². The number of carbonyl (C=O) groups is 2. The lowest BCUT2D eigenvalue weighted by atomic mass is 9.92. The van der Waals surface area contributed by atoms with Gasteiger partial charge in [-0.15, -0.1) is 0 Å². The van der Waals surface area contributed by atoms with E-state index >= 15 is 0 Å². The number of hydrogen-bond donors (Lipinski definition) is 1. The van der Waals surface area contributed by atoms with Crippen molar-refractivity contribution in [2.45, 2.75) is 25.9 Å². The first-order valence-corrected chi connectivity index (χ1v) is 10.5. The van der Waals surface area contributed by atoms with Crippen LogP contribution in [0.1, 0.15) is 35.2 Å². The Morgan fingerprint density at radius 1 is 1.00 bits per heavy atom. The molecule has 2 heterocycles. The zero-order valence-corrected chi connectivity index (χ0v) is 16.8. The first-order valence-electron chi connectivity index (χ1n) is 10.5. The van der Waals surface area contributed by atoms with Gasteiger partial charge in [-0.1, -0.05) is 42.5 Å². The van der Waals surface area contributed by atoms with Crippen molar-refractivity contribution in [3.63, 3.8) is 0 Å². The normalized spacial score (nSPS) is 16.0. The SMILES string of the molecule is O=C(CC1CCN(c2ccc3c4c(cccc24)C(=O)N3)CC1)OCc1ccccc1. The van der Waals surface area contributed by atoms with E-state index in [1.54, 1.807) is 0 Å². The fourth-order valence-electron chi connectivity index (χ4n) is 4.56. The molecule has 0 radical (unpaired) electrons. The molecule has 30 heavy (non-hydrogen) atoms. The third-order valence-corrected chi connectivity index (χ3v) is 6.16. The molecule has 1 saturated heterocycles. The Labute approximate surface area is 175 Å². The minimum Gasteiger partial charge on any atom is -0.461 e. The van der Waals surface area contributed by atoms with Crippen molar-refractivity contribution in [3.8, 4) is 0 Å². The van der Waals surface area contributed by atoms with Gasteiger partial charge in [0.1, 0.15) is 6.61 Å². The molecule has 3 aromatic rings. The number of carbonyl (C=O) groups excluding carboxylic acids is 2. The summed E-state index contributed by atoms with van der Waals surface area (Å²) in [5.41, 5.74) is 3.82. The predicted molar refractivity (Wildman–Crippen MR) is 118 cm³/mol. The number of amides is 1. The molecule has 152 valence electrons. The van der Waals surface area contributed by atoms with Gasteiger partial charge in [-0.3, -0.25) is 9.59 Å². The van der Waals surface area contributed by atoms with Gasteiger partial charge in [0.2, 0.25) is 0 Å². The highest BCUT2D eigenvalue weighted by molar-refractivity contribution is 6.25. The molecule has 0 bridgehead atoms. The number of benzene rings is 3. The van der Waals surface area contributed by atoms with E-state index in [2.05, 4.69) is 22.3 Å². The fourth-order valence-corrected chi connectivity index (χ4v) is 4.56. The molecule has 0 aliphatic carbocycles. The van der Waals surface area contributed by atoms with Gasteiger partial charge in [0.05, 0.1) is 0 Å². The summed E-state index contributed by atoms with van der Waals surface area (Å²) in [5, 5.41) is 5.08. The molecule has 1 N–H and O–H groups in total. The van der Waals surface area contributed by atoms with Crippen LogP contribution in [0.4, 0.5) is 11.4 Å². The van der Waals surface area contributed by atoms with Crippen LogP contribution >= 0.6 is 0 Å². The topological polar surface area (TPSA) is 58.6 Å². The molecule has 1 amide bonds. The number of hydrogen-bond acceptors (Lipinski definition) is 4. The maximum absolute atomic E-state index is 12.2. The summed E-state index contributed by atoms with van der Waals surface area (Å²) in [6.07, 6.45) is 2.39. The van der Waals surface area contributed by atoms with Crippen molar-refractivity contribution in [1.82, 2.24) is 0 Å². The molecule has 0 aromatic heterocycles. The monoisotopic (exact) mass is 400 g/mol. The second-order valence-electron chi connectivity index (χ2n) is 8.10. The Bertz CT molecular complexity index is 1100. The van der Waals surface area contributed by atoms with Crippen molar-refractivity contribution < 1.29 is 14.3 Å². The standard InChI is InChI=1S/C25H24N2O3/c28-23(30-16-18-5-2-1-3-6-18)15-17-11-13-27(14-12-17)22-10-9-21-24-19(22)7-4-8-20(24)25(29)26-21/h1-10,17H,11-16H2,(H,26,29). The van der Waals surface area contributed by atoms with Crippen LogP contribution in [-0.2, 0) is 16.1 Å².